The number of rotatable bonds is 9. The fraction of sp³-hybridized carbons (Fsp3) is 0.481. The Labute approximate surface area is 219 Å². The van der Waals surface area contributed by atoms with Crippen LogP contribution in [0.15, 0.2) is 42.5 Å². The van der Waals surface area contributed by atoms with Crippen LogP contribution in [0, 0.1) is 13.8 Å². The normalized spacial score (nSPS) is 15.2. The van der Waals surface area contributed by atoms with Gasteiger partial charge in [-0.2, -0.15) is 0 Å². The first-order valence-electron chi connectivity index (χ1n) is 12.4. The summed E-state index contributed by atoms with van der Waals surface area (Å²) in [7, 11) is -3.78. The number of halogens is 1. The van der Waals surface area contributed by atoms with Crippen molar-refractivity contribution < 1.29 is 18.0 Å². The van der Waals surface area contributed by atoms with Crippen LogP contribution < -0.4 is 9.62 Å². The molecule has 2 aromatic carbocycles. The van der Waals surface area contributed by atoms with Gasteiger partial charge in [-0.1, -0.05) is 61.2 Å². The van der Waals surface area contributed by atoms with Crippen LogP contribution in [0.1, 0.15) is 55.7 Å². The number of amides is 2. The van der Waals surface area contributed by atoms with Crippen LogP contribution in [0.5, 0.6) is 0 Å². The molecule has 2 amide bonds. The quantitative estimate of drug-likeness (QED) is 0.511. The summed E-state index contributed by atoms with van der Waals surface area (Å²) in [5, 5.41) is 3.61. The molecule has 0 aromatic heterocycles. The predicted octanol–water partition coefficient (Wildman–Crippen LogP) is 4.59. The van der Waals surface area contributed by atoms with E-state index in [4.69, 9.17) is 11.6 Å². The molecule has 1 aliphatic carbocycles. The standard InChI is InChI=1S/C27H36ClN3O4S/c1-19-10-8-11-20(2)26(19)31(36(4,34)35)18-25(32)30(17-22-12-9-13-23(28)16-22)21(3)27(33)29-24-14-6-5-7-15-24/h8-13,16,21,24H,5-7,14-15,17-18H2,1-4H3,(H,29,33)/t21-/m0/s1. The molecule has 1 atom stereocenters. The maximum absolute atomic E-state index is 13.7. The Kier molecular flexibility index (Phi) is 9.41. The first-order valence-corrected chi connectivity index (χ1v) is 14.6. The van der Waals surface area contributed by atoms with Gasteiger partial charge in [0.2, 0.25) is 21.8 Å². The van der Waals surface area contributed by atoms with E-state index in [0.29, 0.717) is 10.7 Å². The van der Waals surface area contributed by atoms with Gasteiger partial charge in [-0.05, 0) is 62.4 Å². The molecule has 36 heavy (non-hydrogen) atoms. The van der Waals surface area contributed by atoms with Gasteiger partial charge in [-0.15, -0.1) is 0 Å². The summed E-state index contributed by atoms with van der Waals surface area (Å²) < 4.78 is 26.8. The zero-order valence-corrected chi connectivity index (χ0v) is 23.0. The molecule has 3 rings (SSSR count). The number of hydrogen-bond acceptors (Lipinski definition) is 4. The van der Waals surface area contributed by atoms with E-state index < -0.39 is 28.5 Å². The van der Waals surface area contributed by atoms with E-state index in [0.717, 1.165) is 52.9 Å². The Morgan fingerprint density at radius 1 is 1.06 bits per heavy atom. The molecule has 1 saturated carbocycles. The zero-order valence-electron chi connectivity index (χ0n) is 21.5. The molecule has 0 bridgehead atoms. The summed E-state index contributed by atoms with van der Waals surface area (Å²) in [6.07, 6.45) is 6.25. The second kappa shape index (κ2) is 12.1. The summed E-state index contributed by atoms with van der Waals surface area (Å²) in [5.41, 5.74) is 2.73. The highest BCUT2D eigenvalue weighted by Gasteiger charge is 2.32. The molecule has 0 unspecified atom stereocenters. The molecule has 0 aliphatic heterocycles. The summed E-state index contributed by atoms with van der Waals surface area (Å²) in [4.78, 5) is 28.4. The highest BCUT2D eigenvalue weighted by atomic mass is 35.5. The Hall–Kier alpha value is -2.58. The first-order chi connectivity index (χ1) is 17.0. The van der Waals surface area contributed by atoms with Crippen molar-refractivity contribution in [3.05, 3.63) is 64.2 Å². The van der Waals surface area contributed by atoms with Crippen LogP contribution in [0.3, 0.4) is 0 Å². The van der Waals surface area contributed by atoms with E-state index in [9.17, 15) is 18.0 Å². The van der Waals surface area contributed by atoms with Crippen molar-refractivity contribution >= 4 is 39.1 Å². The molecule has 1 fully saturated rings. The number of carbonyl (C=O) groups is 2. The third-order valence-corrected chi connectivity index (χ3v) is 8.08. The van der Waals surface area contributed by atoms with Gasteiger partial charge >= 0.3 is 0 Å². The molecule has 0 heterocycles. The van der Waals surface area contributed by atoms with E-state index in [1.54, 1.807) is 25.1 Å². The van der Waals surface area contributed by atoms with Crippen LogP contribution in [0.4, 0.5) is 5.69 Å². The molecule has 0 spiro atoms. The fourth-order valence-electron chi connectivity index (χ4n) is 4.76. The maximum atomic E-state index is 13.7. The number of aryl methyl sites for hydroxylation is 2. The average Bonchev–Trinajstić information content (AvgIpc) is 2.81. The molecular weight excluding hydrogens is 498 g/mol. The molecule has 196 valence electrons. The lowest BCUT2D eigenvalue weighted by Gasteiger charge is -2.33. The summed E-state index contributed by atoms with van der Waals surface area (Å²) in [5.74, 6) is -0.704. The number of hydrogen-bond donors (Lipinski definition) is 1. The van der Waals surface area contributed by atoms with Gasteiger partial charge in [0, 0.05) is 17.6 Å². The van der Waals surface area contributed by atoms with Crippen molar-refractivity contribution in [1.82, 2.24) is 10.2 Å². The first kappa shape index (κ1) is 28.0. The van der Waals surface area contributed by atoms with E-state index in [1.807, 2.05) is 38.1 Å². The Balaban J connectivity index is 1.91. The predicted molar refractivity (Wildman–Crippen MR) is 145 cm³/mol. The number of benzene rings is 2. The summed E-state index contributed by atoms with van der Waals surface area (Å²) in [6.45, 7) is 5.03. The number of para-hydroxylation sites is 1. The Morgan fingerprint density at radius 2 is 1.67 bits per heavy atom. The molecule has 7 nitrogen and oxygen atoms in total. The number of nitrogens with zero attached hydrogens (tertiary/aromatic N) is 2. The Bertz CT molecular complexity index is 1180. The lowest BCUT2D eigenvalue weighted by molar-refractivity contribution is -0.139. The summed E-state index contributed by atoms with van der Waals surface area (Å²) >= 11 is 6.17. The zero-order chi connectivity index (χ0) is 26.5. The van der Waals surface area contributed by atoms with Crippen LogP contribution in [-0.2, 0) is 26.2 Å². The van der Waals surface area contributed by atoms with E-state index in [2.05, 4.69) is 5.32 Å². The van der Waals surface area contributed by atoms with Gasteiger partial charge in [0.1, 0.15) is 12.6 Å². The van der Waals surface area contributed by atoms with Crippen molar-refractivity contribution in [3.63, 3.8) is 0 Å². The van der Waals surface area contributed by atoms with Crippen LogP contribution in [-0.4, -0.2) is 50.0 Å². The van der Waals surface area contributed by atoms with Crippen molar-refractivity contribution in [2.75, 3.05) is 17.1 Å². The summed E-state index contributed by atoms with van der Waals surface area (Å²) in [6, 6.07) is 11.9. The molecular formula is C27H36ClN3O4S. The molecule has 9 heteroatoms. The van der Waals surface area contributed by atoms with Crippen LogP contribution in [0.25, 0.3) is 0 Å². The number of nitrogens with one attached hydrogen (secondary N) is 1. The minimum absolute atomic E-state index is 0.0963. The van der Waals surface area contributed by atoms with Gasteiger partial charge in [0.25, 0.3) is 0 Å². The van der Waals surface area contributed by atoms with Crippen molar-refractivity contribution in [1.29, 1.82) is 0 Å². The van der Waals surface area contributed by atoms with Crippen LogP contribution in [0.2, 0.25) is 5.02 Å². The molecule has 0 radical (unpaired) electrons. The number of sulfonamides is 1. The lowest BCUT2D eigenvalue weighted by atomic mass is 9.95. The molecule has 1 N–H and O–H groups in total. The average molecular weight is 534 g/mol. The number of carbonyl (C=O) groups excluding carboxylic acids is 2. The van der Waals surface area contributed by atoms with Crippen molar-refractivity contribution in [2.24, 2.45) is 0 Å². The van der Waals surface area contributed by atoms with Crippen molar-refractivity contribution in [3.8, 4) is 0 Å². The second-order valence-electron chi connectivity index (χ2n) is 9.68. The van der Waals surface area contributed by atoms with Gasteiger partial charge in [0.05, 0.1) is 11.9 Å². The third kappa shape index (κ3) is 7.23. The SMILES string of the molecule is Cc1cccc(C)c1N(CC(=O)N(Cc1cccc(Cl)c1)[C@@H](C)C(=O)NC1CCCCC1)S(C)(=O)=O. The van der Waals surface area contributed by atoms with Gasteiger partial charge < -0.3 is 10.2 Å². The van der Waals surface area contributed by atoms with Gasteiger partial charge in [-0.3, -0.25) is 13.9 Å². The molecule has 1 aliphatic rings. The number of anilines is 1. The smallest absolute Gasteiger partial charge is 0.244 e. The fourth-order valence-corrected chi connectivity index (χ4v) is 5.94. The van der Waals surface area contributed by atoms with Gasteiger partial charge in [-0.25, -0.2) is 8.42 Å². The van der Waals surface area contributed by atoms with E-state index in [-0.39, 0.29) is 18.5 Å². The highest BCUT2D eigenvalue weighted by Crippen LogP contribution is 2.27. The van der Waals surface area contributed by atoms with E-state index in [1.165, 1.54) is 11.3 Å². The third-order valence-electron chi connectivity index (χ3n) is 6.73. The lowest BCUT2D eigenvalue weighted by Crippen LogP contribution is -2.53. The highest BCUT2D eigenvalue weighted by molar-refractivity contribution is 7.92. The minimum Gasteiger partial charge on any atom is -0.352 e. The monoisotopic (exact) mass is 533 g/mol. The van der Waals surface area contributed by atoms with E-state index >= 15 is 0 Å². The Morgan fingerprint density at radius 3 is 2.25 bits per heavy atom. The maximum Gasteiger partial charge on any atom is 0.244 e. The van der Waals surface area contributed by atoms with Crippen LogP contribution >= 0.6 is 11.6 Å². The minimum atomic E-state index is -3.78. The molecule has 2 aromatic rings. The topological polar surface area (TPSA) is 86.8 Å². The second-order valence-corrected chi connectivity index (χ2v) is 12.0. The van der Waals surface area contributed by atoms with Gasteiger partial charge in [0.15, 0.2) is 0 Å². The van der Waals surface area contributed by atoms with Crippen molar-refractivity contribution in [2.45, 2.75) is 71.5 Å². The largest absolute Gasteiger partial charge is 0.352 e. The molecule has 0 saturated heterocycles.